The molecule has 2 atom stereocenters. The van der Waals surface area contributed by atoms with Gasteiger partial charge in [-0.2, -0.15) is 10.4 Å². The highest BCUT2D eigenvalue weighted by atomic mass is 16.1. The van der Waals surface area contributed by atoms with Crippen molar-refractivity contribution in [1.29, 1.82) is 5.26 Å². The molecule has 2 aromatic heterocycles. The van der Waals surface area contributed by atoms with Gasteiger partial charge in [0.15, 0.2) is 5.65 Å². The first kappa shape index (κ1) is 19.0. The molecule has 2 fully saturated rings. The van der Waals surface area contributed by atoms with Gasteiger partial charge in [0, 0.05) is 25.6 Å². The number of fused-ring (bicyclic) bond motifs is 1. The Labute approximate surface area is 175 Å². The zero-order valence-corrected chi connectivity index (χ0v) is 17.2. The van der Waals surface area contributed by atoms with E-state index < -0.39 is 0 Å². The standard InChI is InChI=1S/C23H26N6O/c1-15-12-28(13-17-6-4-5-16(9-17)10-24)14-20(15)21-26-22-19(23(30)27-21)11-25-29(22)18-7-2-3-8-18/h4-6,9,11,15,18,20H,2-3,7-8,12-14H2,1H3,(H,26,27,30). The van der Waals surface area contributed by atoms with Gasteiger partial charge in [-0.15, -0.1) is 0 Å². The van der Waals surface area contributed by atoms with Gasteiger partial charge >= 0.3 is 0 Å². The van der Waals surface area contributed by atoms with E-state index in [0.717, 1.165) is 49.5 Å². The van der Waals surface area contributed by atoms with Crippen molar-refractivity contribution in [3.63, 3.8) is 0 Å². The van der Waals surface area contributed by atoms with E-state index in [2.05, 4.69) is 34.0 Å². The Morgan fingerprint density at radius 2 is 2.10 bits per heavy atom. The minimum absolute atomic E-state index is 0.0911. The third-order valence-corrected chi connectivity index (χ3v) is 6.65. The zero-order valence-electron chi connectivity index (χ0n) is 17.2. The number of nitrogens with zero attached hydrogens (tertiary/aromatic N) is 5. The van der Waals surface area contributed by atoms with Crippen LogP contribution in [-0.4, -0.2) is 37.7 Å². The monoisotopic (exact) mass is 402 g/mol. The van der Waals surface area contributed by atoms with Crippen LogP contribution in [0.25, 0.3) is 11.0 Å². The molecule has 5 rings (SSSR count). The first-order valence-electron chi connectivity index (χ1n) is 10.8. The van der Waals surface area contributed by atoms with Gasteiger partial charge < -0.3 is 4.98 Å². The lowest BCUT2D eigenvalue weighted by atomic mass is 9.97. The molecule has 1 saturated carbocycles. The highest BCUT2D eigenvalue weighted by Gasteiger charge is 2.33. The van der Waals surface area contributed by atoms with Gasteiger partial charge in [0.25, 0.3) is 5.56 Å². The van der Waals surface area contributed by atoms with Crippen LogP contribution in [0.2, 0.25) is 0 Å². The van der Waals surface area contributed by atoms with Crippen LogP contribution in [0.1, 0.15) is 61.5 Å². The molecule has 1 N–H and O–H groups in total. The maximum atomic E-state index is 12.7. The molecular formula is C23H26N6O. The fourth-order valence-corrected chi connectivity index (χ4v) is 5.09. The Kier molecular flexibility index (Phi) is 4.87. The van der Waals surface area contributed by atoms with Crippen molar-refractivity contribution in [1.82, 2.24) is 24.6 Å². The van der Waals surface area contributed by atoms with E-state index in [0.29, 0.717) is 22.9 Å². The van der Waals surface area contributed by atoms with E-state index >= 15 is 0 Å². The fraction of sp³-hybridized carbons (Fsp3) is 0.478. The summed E-state index contributed by atoms with van der Waals surface area (Å²) in [5.41, 5.74) is 2.46. The highest BCUT2D eigenvalue weighted by molar-refractivity contribution is 5.73. The number of hydrogen-bond donors (Lipinski definition) is 1. The Bertz CT molecular complexity index is 1170. The van der Waals surface area contributed by atoms with Crippen LogP contribution in [0.15, 0.2) is 35.3 Å². The van der Waals surface area contributed by atoms with Crippen molar-refractivity contribution in [3.05, 3.63) is 57.8 Å². The lowest BCUT2D eigenvalue weighted by Gasteiger charge is -2.16. The van der Waals surface area contributed by atoms with Gasteiger partial charge in [-0.05, 0) is 36.5 Å². The van der Waals surface area contributed by atoms with E-state index in [9.17, 15) is 4.79 Å². The number of benzene rings is 1. The summed E-state index contributed by atoms with van der Waals surface area (Å²) in [5.74, 6) is 1.33. The molecule has 2 aliphatic rings. The largest absolute Gasteiger partial charge is 0.310 e. The number of hydrogen-bond acceptors (Lipinski definition) is 5. The minimum Gasteiger partial charge on any atom is -0.310 e. The van der Waals surface area contributed by atoms with Crippen molar-refractivity contribution >= 4 is 11.0 Å². The van der Waals surface area contributed by atoms with Crippen LogP contribution in [-0.2, 0) is 6.54 Å². The summed E-state index contributed by atoms with van der Waals surface area (Å²) in [6.07, 6.45) is 6.30. The highest BCUT2D eigenvalue weighted by Crippen LogP contribution is 2.33. The van der Waals surface area contributed by atoms with Gasteiger partial charge in [0.1, 0.15) is 11.2 Å². The Hall–Kier alpha value is -2.98. The molecule has 0 amide bonds. The van der Waals surface area contributed by atoms with Crippen molar-refractivity contribution in [2.45, 2.75) is 51.1 Å². The van der Waals surface area contributed by atoms with Crippen LogP contribution in [0, 0.1) is 17.2 Å². The van der Waals surface area contributed by atoms with E-state index in [-0.39, 0.29) is 11.5 Å². The van der Waals surface area contributed by atoms with E-state index in [4.69, 9.17) is 10.2 Å². The average molecular weight is 403 g/mol. The molecule has 1 saturated heterocycles. The summed E-state index contributed by atoms with van der Waals surface area (Å²) in [4.78, 5) is 23.1. The first-order valence-corrected chi connectivity index (χ1v) is 10.8. The molecule has 1 aliphatic carbocycles. The van der Waals surface area contributed by atoms with Crippen molar-refractivity contribution in [2.24, 2.45) is 5.92 Å². The maximum Gasteiger partial charge on any atom is 0.262 e. The quantitative estimate of drug-likeness (QED) is 0.723. The lowest BCUT2D eigenvalue weighted by molar-refractivity contribution is 0.318. The van der Waals surface area contributed by atoms with Gasteiger partial charge in [-0.3, -0.25) is 9.69 Å². The van der Waals surface area contributed by atoms with Crippen LogP contribution in [0.5, 0.6) is 0 Å². The molecule has 0 spiro atoms. The molecule has 154 valence electrons. The molecule has 3 heterocycles. The second-order valence-corrected chi connectivity index (χ2v) is 8.81. The zero-order chi connectivity index (χ0) is 20.7. The van der Waals surface area contributed by atoms with E-state index in [1.54, 1.807) is 6.20 Å². The second kappa shape index (κ2) is 7.69. The van der Waals surface area contributed by atoms with Crippen LogP contribution in [0.4, 0.5) is 0 Å². The second-order valence-electron chi connectivity index (χ2n) is 8.81. The molecule has 30 heavy (non-hydrogen) atoms. The van der Waals surface area contributed by atoms with Crippen LogP contribution in [0.3, 0.4) is 0 Å². The normalized spacial score (nSPS) is 22.7. The molecule has 2 unspecified atom stereocenters. The fourth-order valence-electron chi connectivity index (χ4n) is 5.09. The summed E-state index contributed by atoms with van der Waals surface area (Å²) < 4.78 is 1.98. The summed E-state index contributed by atoms with van der Waals surface area (Å²) in [6.45, 7) is 4.78. The number of likely N-dealkylation sites (tertiary alicyclic amines) is 1. The summed E-state index contributed by atoms with van der Waals surface area (Å²) in [5, 5.41) is 14.2. The SMILES string of the molecule is CC1CN(Cc2cccc(C#N)c2)CC1c1nc2c(cnn2C2CCCC2)c(=O)[nH]1. The average Bonchev–Trinajstić information content (AvgIpc) is 3.47. The first-order chi connectivity index (χ1) is 14.6. The topological polar surface area (TPSA) is 90.6 Å². The van der Waals surface area contributed by atoms with E-state index in [1.807, 2.05) is 22.9 Å². The van der Waals surface area contributed by atoms with Gasteiger partial charge in [0.05, 0.1) is 23.9 Å². The van der Waals surface area contributed by atoms with Crippen LogP contribution < -0.4 is 5.56 Å². The number of nitrogens with one attached hydrogen (secondary N) is 1. The molecular weight excluding hydrogens is 376 g/mol. The molecule has 1 aliphatic heterocycles. The third kappa shape index (κ3) is 3.41. The predicted octanol–water partition coefficient (Wildman–Crippen LogP) is 3.34. The Balaban J connectivity index is 1.41. The van der Waals surface area contributed by atoms with Crippen molar-refractivity contribution < 1.29 is 0 Å². The van der Waals surface area contributed by atoms with Gasteiger partial charge in [0.2, 0.25) is 0 Å². The number of rotatable bonds is 4. The minimum atomic E-state index is -0.0911. The van der Waals surface area contributed by atoms with Gasteiger partial charge in [-0.1, -0.05) is 31.9 Å². The summed E-state index contributed by atoms with van der Waals surface area (Å²) in [7, 11) is 0. The summed E-state index contributed by atoms with van der Waals surface area (Å²) >= 11 is 0. The maximum absolute atomic E-state index is 12.7. The number of H-pyrrole nitrogens is 1. The molecule has 3 aromatic rings. The Morgan fingerprint density at radius 1 is 1.27 bits per heavy atom. The lowest BCUT2D eigenvalue weighted by Crippen LogP contribution is -2.21. The summed E-state index contributed by atoms with van der Waals surface area (Å²) in [6, 6.07) is 10.3. The molecule has 7 nitrogen and oxygen atoms in total. The molecule has 0 bridgehead atoms. The Morgan fingerprint density at radius 3 is 2.90 bits per heavy atom. The predicted molar refractivity (Wildman–Crippen MR) is 114 cm³/mol. The molecule has 0 radical (unpaired) electrons. The number of aromatic nitrogens is 4. The smallest absolute Gasteiger partial charge is 0.262 e. The number of aromatic amines is 1. The van der Waals surface area contributed by atoms with Crippen molar-refractivity contribution in [3.8, 4) is 6.07 Å². The van der Waals surface area contributed by atoms with Crippen molar-refractivity contribution in [2.75, 3.05) is 13.1 Å². The third-order valence-electron chi connectivity index (χ3n) is 6.65. The molecule has 7 heteroatoms. The van der Waals surface area contributed by atoms with E-state index in [1.165, 1.54) is 12.8 Å². The number of nitriles is 1. The van der Waals surface area contributed by atoms with Crippen LogP contribution >= 0.6 is 0 Å². The van der Waals surface area contributed by atoms with Gasteiger partial charge in [-0.25, -0.2) is 9.67 Å². The molecule has 1 aromatic carbocycles.